The quantitative estimate of drug-likeness (QED) is 0.307. The van der Waals surface area contributed by atoms with Crippen LogP contribution in [0.1, 0.15) is 0 Å². The van der Waals surface area contributed by atoms with Crippen molar-refractivity contribution < 1.29 is 0 Å². The fourth-order valence-corrected chi connectivity index (χ4v) is 0.753. The largest absolute Gasteiger partial charge is 0.361 e. The molecular formula is C6H16N4S. The number of likely N-dealkylation sites (N-methyl/N-ethyl adjacent to an activating group) is 1. The predicted molar refractivity (Wildman–Crippen MR) is 51.6 cm³/mol. The van der Waals surface area contributed by atoms with Gasteiger partial charge in [-0.05, 0) is 19.3 Å². The molecule has 0 amide bonds. The second-order valence-corrected chi connectivity index (χ2v) is 2.48. The first-order valence-electron chi connectivity index (χ1n) is 3.67. The molecule has 0 radical (unpaired) electrons. The van der Waals surface area contributed by atoms with E-state index in [0.29, 0.717) is 11.7 Å². The Hall–Kier alpha value is -0.390. The molecule has 0 aromatic rings. The minimum Gasteiger partial charge on any atom is -0.361 e. The van der Waals surface area contributed by atoms with Gasteiger partial charge < -0.3 is 21.7 Å². The molecule has 5 heteroatoms. The lowest BCUT2D eigenvalue weighted by atomic mass is 10.6. The predicted octanol–water partition coefficient (Wildman–Crippen LogP) is -1.37. The number of hydrogen-bond donors (Lipinski definition) is 4. The van der Waals surface area contributed by atoms with Crippen molar-refractivity contribution in [2.24, 2.45) is 5.73 Å². The Kier molecular flexibility index (Phi) is 7.44. The zero-order valence-corrected chi connectivity index (χ0v) is 7.63. The van der Waals surface area contributed by atoms with Gasteiger partial charge in [-0.25, -0.2) is 0 Å². The molecule has 0 saturated carbocycles. The van der Waals surface area contributed by atoms with E-state index in [2.05, 4.69) is 16.0 Å². The van der Waals surface area contributed by atoms with E-state index in [1.165, 1.54) is 0 Å². The molecule has 0 aliphatic heterocycles. The summed E-state index contributed by atoms with van der Waals surface area (Å²) in [6.45, 7) is 3.08. The molecule has 0 aromatic heterocycles. The summed E-state index contributed by atoms with van der Waals surface area (Å²) in [7, 11) is 1.90. The topological polar surface area (TPSA) is 62.1 Å². The van der Waals surface area contributed by atoms with Crippen LogP contribution in [0.4, 0.5) is 0 Å². The zero-order chi connectivity index (χ0) is 8.53. The van der Waals surface area contributed by atoms with Crippen LogP contribution in [0.2, 0.25) is 0 Å². The van der Waals surface area contributed by atoms with Gasteiger partial charge in [0, 0.05) is 26.2 Å². The highest BCUT2D eigenvalue weighted by atomic mass is 32.1. The van der Waals surface area contributed by atoms with Crippen molar-refractivity contribution in [1.82, 2.24) is 16.0 Å². The molecule has 66 valence electrons. The van der Waals surface area contributed by atoms with Crippen molar-refractivity contribution in [2.75, 3.05) is 33.2 Å². The minimum absolute atomic E-state index is 0.605. The van der Waals surface area contributed by atoms with E-state index in [-0.39, 0.29) is 0 Å². The molecule has 0 rings (SSSR count). The summed E-state index contributed by atoms with van der Waals surface area (Å²) in [6, 6.07) is 0. The van der Waals surface area contributed by atoms with E-state index in [1.54, 1.807) is 0 Å². The van der Waals surface area contributed by atoms with Crippen molar-refractivity contribution in [3.63, 3.8) is 0 Å². The smallest absolute Gasteiger partial charge is 0.166 e. The number of nitrogens with one attached hydrogen (secondary N) is 3. The lowest BCUT2D eigenvalue weighted by Crippen LogP contribution is -2.40. The zero-order valence-electron chi connectivity index (χ0n) is 6.81. The van der Waals surface area contributed by atoms with Crippen LogP contribution in [0, 0.1) is 0 Å². The molecule has 0 saturated heterocycles. The minimum atomic E-state index is 0.605. The second-order valence-electron chi connectivity index (χ2n) is 2.07. The summed E-state index contributed by atoms with van der Waals surface area (Å²) in [4.78, 5) is 0. The summed E-state index contributed by atoms with van der Waals surface area (Å²) in [5.41, 5.74) is 5.27. The van der Waals surface area contributed by atoms with Crippen LogP contribution in [0.15, 0.2) is 0 Å². The van der Waals surface area contributed by atoms with Crippen molar-refractivity contribution >= 4 is 17.3 Å². The summed E-state index contributed by atoms with van der Waals surface area (Å²) in [5.74, 6) is 0. The van der Waals surface area contributed by atoms with Crippen LogP contribution in [0.3, 0.4) is 0 Å². The third-order valence-corrected chi connectivity index (χ3v) is 1.38. The Morgan fingerprint density at radius 2 is 1.91 bits per heavy atom. The number of thiocarbonyl (C=S) groups is 1. The summed E-state index contributed by atoms with van der Waals surface area (Å²) >= 11 is 4.93. The van der Waals surface area contributed by atoms with Crippen LogP contribution < -0.4 is 21.7 Å². The SMILES string of the molecule is CNCCNC(=S)NCCN. The monoisotopic (exact) mass is 176 g/mol. The number of hydrogen-bond acceptors (Lipinski definition) is 3. The molecule has 4 nitrogen and oxygen atoms in total. The highest BCUT2D eigenvalue weighted by molar-refractivity contribution is 7.80. The van der Waals surface area contributed by atoms with Gasteiger partial charge in [-0.3, -0.25) is 0 Å². The fourth-order valence-electron chi connectivity index (χ4n) is 0.549. The highest BCUT2D eigenvalue weighted by Gasteiger charge is 1.90. The molecular weight excluding hydrogens is 160 g/mol. The van der Waals surface area contributed by atoms with Gasteiger partial charge in [-0.2, -0.15) is 0 Å². The van der Waals surface area contributed by atoms with Crippen molar-refractivity contribution in [3.8, 4) is 0 Å². The normalized spacial score (nSPS) is 9.27. The number of nitrogens with two attached hydrogens (primary N) is 1. The molecule has 0 fully saturated rings. The molecule has 0 heterocycles. The third kappa shape index (κ3) is 7.51. The first-order chi connectivity index (χ1) is 5.31. The highest BCUT2D eigenvalue weighted by Crippen LogP contribution is 1.64. The standard InChI is InChI=1S/C6H16N4S/c1-8-4-5-10-6(11)9-3-2-7/h8H,2-5,7H2,1H3,(H2,9,10,11). The maximum atomic E-state index is 5.27. The van der Waals surface area contributed by atoms with Gasteiger partial charge in [0.25, 0.3) is 0 Å². The Balaban J connectivity index is 3.09. The maximum Gasteiger partial charge on any atom is 0.166 e. The van der Waals surface area contributed by atoms with Crippen LogP contribution in [0.25, 0.3) is 0 Å². The second kappa shape index (κ2) is 7.71. The van der Waals surface area contributed by atoms with Gasteiger partial charge in [0.15, 0.2) is 5.11 Å². The molecule has 0 unspecified atom stereocenters. The van der Waals surface area contributed by atoms with E-state index < -0.39 is 0 Å². The van der Waals surface area contributed by atoms with E-state index in [0.717, 1.165) is 19.6 Å². The molecule has 5 N–H and O–H groups in total. The van der Waals surface area contributed by atoms with E-state index >= 15 is 0 Å². The van der Waals surface area contributed by atoms with Gasteiger partial charge in [-0.1, -0.05) is 0 Å². The Labute approximate surface area is 72.9 Å². The van der Waals surface area contributed by atoms with Crippen molar-refractivity contribution in [1.29, 1.82) is 0 Å². The average Bonchev–Trinajstić information content (AvgIpc) is 2.01. The van der Waals surface area contributed by atoms with Crippen molar-refractivity contribution in [3.05, 3.63) is 0 Å². The Morgan fingerprint density at radius 1 is 1.27 bits per heavy atom. The lowest BCUT2D eigenvalue weighted by molar-refractivity contribution is 0.742. The maximum absolute atomic E-state index is 5.27. The first kappa shape index (κ1) is 10.6. The Bertz CT molecular complexity index is 107. The molecule has 0 aliphatic rings. The fraction of sp³-hybridized carbons (Fsp3) is 0.833. The Morgan fingerprint density at radius 3 is 2.45 bits per heavy atom. The van der Waals surface area contributed by atoms with E-state index in [1.807, 2.05) is 7.05 Å². The van der Waals surface area contributed by atoms with Crippen LogP contribution >= 0.6 is 12.2 Å². The molecule has 0 atom stereocenters. The molecule has 0 aromatic carbocycles. The average molecular weight is 176 g/mol. The lowest BCUT2D eigenvalue weighted by Gasteiger charge is -2.08. The molecule has 0 aliphatic carbocycles. The van der Waals surface area contributed by atoms with E-state index in [9.17, 15) is 0 Å². The van der Waals surface area contributed by atoms with Crippen molar-refractivity contribution in [2.45, 2.75) is 0 Å². The molecule has 11 heavy (non-hydrogen) atoms. The van der Waals surface area contributed by atoms with E-state index in [4.69, 9.17) is 18.0 Å². The number of rotatable bonds is 5. The van der Waals surface area contributed by atoms with Gasteiger partial charge in [0.1, 0.15) is 0 Å². The summed E-state index contributed by atoms with van der Waals surface area (Å²) < 4.78 is 0. The first-order valence-corrected chi connectivity index (χ1v) is 4.08. The van der Waals surface area contributed by atoms with Gasteiger partial charge in [0.05, 0.1) is 0 Å². The summed E-state index contributed by atoms with van der Waals surface area (Å²) in [6.07, 6.45) is 0. The molecule has 0 spiro atoms. The van der Waals surface area contributed by atoms with Crippen LogP contribution in [0.5, 0.6) is 0 Å². The van der Waals surface area contributed by atoms with Gasteiger partial charge in [0.2, 0.25) is 0 Å². The summed E-state index contributed by atoms with van der Waals surface area (Å²) in [5, 5.41) is 9.66. The van der Waals surface area contributed by atoms with Gasteiger partial charge >= 0.3 is 0 Å². The van der Waals surface area contributed by atoms with Crippen LogP contribution in [-0.4, -0.2) is 38.3 Å². The van der Waals surface area contributed by atoms with Gasteiger partial charge in [-0.15, -0.1) is 0 Å². The third-order valence-electron chi connectivity index (χ3n) is 1.09. The van der Waals surface area contributed by atoms with Crippen LogP contribution in [-0.2, 0) is 0 Å². The molecule has 0 bridgehead atoms.